The lowest BCUT2D eigenvalue weighted by atomic mass is 10.2. The Morgan fingerprint density at radius 2 is 1.96 bits per heavy atom. The van der Waals surface area contributed by atoms with Crippen molar-refractivity contribution in [3.63, 3.8) is 0 Å². The lowest BCUT2D eigenvalue weighted by Crippen LogP contribution is -2.04. The Hall–Kier alpha value is -2.39. The van der Waals surface area contributed by atoms with Gasteiger partial charge in [-0.15, -0.1) is 0 Å². The van der Waals surface area contributed by atoms with Crippen molar-refractivity contribution in [3.8, 4) is 6.07 Å². The first kappa shape index (κ1) is 18.0. The summed E-state index contributed by atoms with van der Waals surface area (Å²) in [7, 11) is 1.00. The average Bonchev–Trinajstić information content (AvgIpc) is 3.35. The van der Waals surface area contributed by atoms with Crippen LogP contribution in [0.5, 0.6) is 0 Å². The van der Waals surface area contributed by atoms with E-state index in [1.54, 1.807) is 0 Å². The molecule has 0 bridgehead atoms. The molecule has 128 valence electrons. The van der Waals surface area contributed by atoms with Crippen LogP contribution >= 0.6 is 0 Å². The number of H-pyrrole nitrogens is 1. The van der Waals surface area contributed by atoms with Gasteiger partial charge in [-0.2, -0.15) is 5.26 Å². The molecule has 0 atom stereocenters. The first-order valence-electron chi connectivity index (χ1n) is 8.48. The second-order valence-corrected chi connectivity index (χ2v) is 5.58. The molecule has 1 aliphatic carbocycles. The van der Waals surface area contributed by atoms with Gasteiger partial charge in [0.2, 0.25) is 0 Å². The van der Waals surface area contributed by atoms with Crippen LogP contribution in [0.1, 0.15) is 57.0 Å². The predicted molar refractivity (Wildman–Crippen MR) is 95.8 cm³/mol. The zero-order valence-electron chi connectivity index (χ0n) is 14.8. The highest BCUT2D eigenvalue weighted by atomic mass is 16.2. The van der Waals surface area contributed by atoms with Crippen molar-refractivity contribution >= 4 is 22.1 Å². The fourth-order valence-electron chi connectivity index (χ4n) is 3.31. The molecular formula is C18H25N5O. The summed E-state index contributed by atoms with van der Waals surface area (Å²) in [6.45, 7) is 5.99. The van der Waals surface area contributed by atoms with Gasteiger partial charge < -0.3 is 14.7 Å². The van der Waals surface area contributed by atoms with Gasteiger partial charge in [0, 0.05) is 24.2 Å². The van der Waals surface area contributed by atoms with Gasteiger partial charge in [-0.3, -0.25) is 0 Å². The van der Waals surface area contributed by atoms with E-state index in [-0.39, 0.29) is 0 Å². The number of pyridine rings is 1. The molecule has 2 N–H and O–H groups in total. The van der Waals surface area contributed by atoms with Gasteiger partial charge in [-0.1, -0.05) is 26.7 Å². The van der Waals surface area contributed by atoms with Crippen molar-refractivity contribution in [2.45, 2.75) is 52.5 Å². The Morgan fingerprint density at radius 3 is 2.58 bits per heavy atom. The van der Waals surface area contributed by atoms with Gasteiger partial charge in [-0.05, 0) is 25.8 Å². The van der Waals surface area contributed by atoms with Crippen molar-refractivity contribution in [1.29, 1.82) is 5.26 Å². The van der Waals surface area contributed by atoms with Crippen LogP contribution in [0.15, 0.2) is 12.4 Å². The first-order chi connectivity index (χ1) is 11.8. The molecule has 0 unspecified atom stereocenters. The number of imidazole rings is 1. The fraction of sp³-hybridized carbons (Fsp3) is 0.500. The molecule has 4 rings (SSSR count). The summed E-state index contributed by atoms with van der Waals surface area (Å²) in [5.41, 5.74) is 4.15. The molecule has 0 spiro atoms. The number of nitriles is 1. The van der Waals surface area contributed by atoms with Gasteiger partial charge in [0.25, 0.3) is 0 Å². The van der Waals surface area contributed by atoms with Crippen molar-refractivity contribution in [2.24, 2.45) is 0 Å². The predicted octanol–water partition coefficient (Wildman–Crippen LogP) is 3.84. The van der Waals surface area contributed by atoms with Crippen LogP contribution in [0, 0.1) is 18.3 Å². The van der Waals surface area contributed by atoms with Crippen molar-refractivity contribution in [3.05, 3.63) is 23.8 Å². The third-order valence-corrected chi connectivity index (χ3v) is 4.25. The maximum Gasteiger partial charge on any atom is 0.163 e. The van der Waals surface area contributed by atoms with Gasteiger partial charge >= 0.3 is 0 Å². The van der Waals surface area contributed by atoms with Crippen molar-refractivity contribution in [1.82, 2.24) is 19.5 Å². The number of aromatic amines is 1. The summed E-state index contributed by atoms with van der Waals surface area (Å²) in [5, 5.41) is 17.2. The van der Waals surface area contributed by atoms with E-state index in [0.717, 1.165) is 34.9 Å². The summed E-state index contributed by atoms with van der Waals surface area (Å²) in [4.78, 5) is 12.4. The summed E-state index contributed by atoms with van der Waals surface area (Å²) in [5.74, 6) is 0. The second kappa shape index (κ2) is 7.93. The van der Waals surface area contributed by atoms with E-state index in [4.69, 9.17) is 5.11 Å². The number of nitrogens with one attached hydrogen (secondary N) is 1. The fourth-order valence-corrected chi connectivity index (χ4v) is 3.31. The maximum atomic E-state index is 9.34. The van der Waals surface area contributed by atoms with Crippen LogP contribution in [-0.2, 0) is 0 Å². The molecule has 0 radical (unpaired) electrons. The largest absolute Gasteiger partial charge is 0.400 e. The third kappa shape index (κ3) is 3.00. The SMILES string of the molecule is CC.CO.Cc1cc2c(C#N)nc3c(ncn3C3CCCC3)c2[nH]1. The van der Waals surface area contributed by atoms with E-state index in [9.17, 15) is 5.26 Å². The van der Waals surface area contributed by atoms with Gasteiger partial charge in [0.05, 0.1) is 11.8 Å². The maximum absolute atomic E-state index is 9.34. The molecule has 6 heteroatoms. The van der Waals surface area contributed by atoms with Crippen LogP contribution < -0.4 is 0 Å². The number of aliphatic hydroxyl groups excluding tert-OH is 1. The van der Waals surface area contributed by atoms with Gasteiger partial charge in [0.1, 0.15) is 11.6 Å². The highest BCUT2D eigenvalue weighted by Crippen LogP contribution is 2.33. The quantitative estimate of drug-likeness (QED) is 0.710. The Kier molecular flexibility index (Phi) is 5.93. The molecule has 0 saturated heterocycles. The summed E-state index contributed by atoms with van der Waals surface area (Å²) in [6, 6.07) is 4.66. The Morgan fingerprint density at radius 1 is 1.29 bits per heavy atom. The van der Waals surface area contributed by atoms with Gasteiger partial charge in [0.15, 0.2) is 11.3 Å². The summed E-state index contributed by atoms with van der Waals surface area (Å²) in [6.07, 6.45) is 6.76. The number of aromatic nitrogens is 4. The van der Waals surface area contributed by atoms with Gasteiger partial charge in [-0.25, -0.2) is 9.97 Å². The number of fused-ring (bicyclic) bond motifs is 3. The Labute approximate surface area is 142 Å². The highest BCUT2D eigenvalue weighted by Gasteiger charge is 2.21. The van der Waals surface area contributed by atoms with E-state index in [1.165, 1.54) is 25.7 Å². The molecule has 3 heterocycles. The average molecular weight is 327 g/mol. The summed E-state index contributed by atoms with van der Waals surface area (Å²) >= 11 is 0. The monoisotopic (exact) mass is 327 g/mol. The van der Waals surface area contributed by atoms with Crippen LogP contribution in [0.3, 0.4) is 0 Å². The number of aryl methyl sites for hydroxylation is 1. The molecule has 1 fully saturated rings. The van der Waals surface area contributed by atoms with Crippen LogP contribution in [0.4, 0.5) is 0 Å². The second-order valence-electron chi connectivity index (χ2n) is 5.58. The molecule has 1 saturated carbocycles. The molecule has 3 aromatic rings. The van der Waals surface area contributed by atoms with Crippen LogP contribution in [-0.4, -0.2) is 31.7 Å². The molecule has 1 aliphatic rings. The van der Waals surface area contributed by atoms with E-state index in [0.29, 0.717) is 11.7 Å². The van der Waals surface area contributed by atoms with Crippen LogP contribution in [0.25, 0.3) is 22.1 Å². The zero-order valence-corrected chi connectivity index (χ0v) is 14.8. The standard InChI is InChI=1S/C15H15N5.C2H6.CH4O/c1-9-6-11-12(7-16)19-15-14(13(11)18-9)17-8-20(15)10-4-2-3-5-10;2*1-2/h6,8,10,18H,2-5H2,1H3;1-2H3;2H,1H3. The number of rotatable bonds is 1. The normalized spacial score (nSPS) is 14.0. The first-order valence-corrected chi connectivity index (χ1v) is 8.48. The molecule has 0 aliphatic heterocycles. The topological polar surface area (TPSA) is 90.5 Å². The van der Waals surface area contributed by atoms with E-state index >= 15 is 0 Å². The minimum atomic E-state index is 0.479. The number of hydrogen-bond acceptors (Lipinski definition) is 4. The highest BCUT2D eigenvalue weighted by molar-refractivity contribution is 6.02. The Bertz CT molecular complexity index is 850. The van der Waals surface area contributed by atoms with E-state index < -0.39 is 0 Å². The summed E-state index contributed by atoms with van der Waals surface area (Å²) < 4.78 is 2.15. The molecule has 24 heavy (non-hydrogen) atoms. The number of nitrogens with zero attached hydrogens (tertiary/aromatic N) is 4. The van der Waals surface area contributed by atoms with Crippen molar-refractivity contribution in [2.75, 3.05) is 7.11 Å². The lowest BCUT2D eigenvalue weighted by molar-refractivity contribution is 0.399. The van der Waals surface area contributed by atoms with E-state index in [2.05, 4.69) is 25.6 Å². The lowest BCUT2D eigenvalue weighted by Gasteiger charge is -2.11. The third-order valence-electron chi connectivity index (χ3n) is 4.25. The Balaban J connectivity index is 0.000000487. The molecule has 3 aromatic heterocycles. The minimum absolute atomic E-state index is 0.479. The number of hydrogen-bond donors (Lipinski definition) is 2. The smallest absolute Gasteiger partial charge is 0.163 e. The minimum Gasteiger partial charge on any atom is -0.400 e. The molecule has 0 amide bonds. The number of aliphatic hydroxyl groups is 1. The van der Waals surface area contributed by atoms with Crippen LogP contribution in [0.2, 0.25) is 0 Å². The van der Waals surface area contributed by atoms with Crippen molar-refractivity contribution < 1.29 is 5.11 Å². The molecule has 0 aromatic carbocycles. The van der Waals surface area contributed by atoms with E-state index in [1.807, 2.05) is 33.2 Å². The zero-order chi connectivity index (χ0) is 17.7. The molecule has 6 nitrogen and oxygen atoms in total. The molecular weight excluding hydrogens is 302 g/mol.